The summed E-state index contributed by atoms with van der Waals surface area (Å²) in [6, 6.07) is 12.1. The van der Waals surface area contributed by atoms with Gasteiger partial charge in [-0.05, 0) is 35.9 Å². The smallest absolute Gasteiger partial charge is 0.273 e. The number of hydrogen-bond acceptors (Lipinski definition) is 3. The van der Waals surface area contributed by atoms with Crippen molar-refractivity contribution in [1.29, 1.82) is 0 Å². The van der Waals surface area contributed by atoms with Crippen LogP contribution in [0.4, 0.5) is 5.69 Å². The van der Waals surface area contributed by atoms with Gasteiger partial charge < -0.3 is 5.32 Å². The lowest BCUT2D eigenvalue weighted by Gasteiger charge is -2.03. The fourth-order valence-corrected chi connectivity index (χ4v) is 3.40. The van der Waals surface area contributed by atoms with Crippen LogP contribution in [0, 0.1) is 0 Å². The lowest BCUT2D eigenvalue weighted by atomic mass is 10.1. The number of benzene rings is 2. The highest BCUT2D eigenvalue weighted by atomic mass is 35.5. The van der Waals surface area contributed by atoms with Crippen LogP contribution in [0.2, 0.25) is 20.1 Å². The molecule has 152 valence electrons. The van der Waals surface area contributed by atoms with Crippen LogP contribution in [0.25, 0.3) is 11.3 Å². The van der Waals surface area contributed by atoms with E-state index in [9.17, 15) is 4.79 Å². The standard InChI is InChI=1S/C20H13Cl4N5O/c21-14-3-1-11(5-16(14)23)9-29-10-13(8-25-29)26-20(30)19-7-18(27-28-19)12-2-4-15(22)17(24)6-12/h1-8,10H,9H2,(H,26,30)(H,27,28). The van der Waals surface area contributed by atoms with Crippen LogP contribution in [0.1, 0.15) is 16.1 Å². The van der Waals surface area contributed by atoms with Crippen LogP contribution >= 0.6 is 46.4 Å². The molecule has 0 aliphatic carbocycles. The summed E-state index contributed by atoms with van der Waals surface area (Å²) in [4.78, 5) is 12.5. The second-order valence-electron chi connectivity index (χ2n) is 6.42. The Morgan fingerprint density at radius 2 is 1.70 bits per heavy atom. The number of carbonyl (C=O) groups excluding carboxylic acids is 1. The summed E-state index contributed by atoms with van der Waals surface area (Å²) in [7, 11) is 0. The summed E-state index contributed by atoms with van der Waals surface area (Å²) < 4.78 is 1.68. The Morgan fingerprint density at radius 1 is 0.967 bits per heavy atom. The molecule has 0 atom stereocenters. The van der Waals surface area contributed by atoms with Gasteiger partial charge in [0.1, 0.15) is 5.69 Å². The van der Waals surface area contributed by atoms with Gasteiger partial charge in [0.2, 0.25) is 0 Å². The highest BCUT2D eigenvalue weighted by molar-refractivity contribution is 6.42. The Labute approximate surface area is 191 Å². The van der Waals surface area contributed by atoms with Gasteiger partial charge in [-0.2, -0.15) is 10.2 Å². The fourth-order valence-electron chi connectivity index (χ4n) is 2.78. The van der Waals surface area contributed by atoms with Crippen molar-refractivity contribution in [2.75, 3.05) is 5.32 Å². The number of rotatable bonds is 5. The molecule has 0 saturated heterocycles. The van der Waals surface area contributed by atoms with Gasteiger partial charge in [0.05, 0.1) is 44.2 Å². The molecule has 0 radical (unpaired) electrons. The fraction of sp³-hybridized carbons (Fsp3) is 0.0500. The first-order valence-electron chi connectivity index (χ1n) is 8.67. The molecule has 0 aliphatic heterocycles. The Balaban J connectivity index is 1.44. The number of aromatic nitrogens is 4. The van der Waals surface area contributed by atoms with Gasteiger partial charge in [0.25, 0.3) is 5.91 Å². The molecule has 10 heteroatoms. The van der Waals surface area contributed by atoms with Gasteiger partial charge in [0, 0.05) is 11.8 Å². The van der Waals surface area contributed by atoms with Gasteiger partial charge in [0.15, 0.2) is 0 Å². The summed E-state index contributed by atoms with van der Waals surface area (Å²) >= 11 is 24.0. The van der Waals surface area contributed by atoms with Crippen molar-refractivity contribution >= 4 is 58.0 Å². The van der Waals surface area contributed by atoms with Gasteiger partial charge in [-0.25, -0.2) is 0 Å². The number of nitrogens with one attached hydrogen (secondary N) is 2. The Kier molecular flexibility index (Phi) is 6.01. The second kappa shape index (κ2) is 8.70. The molecule has 2 aromatic carbocycles. The van der Waals surface area contributed by atoms with E-state index in [1.165, 1.54) is 0 Å². The van der Waals surface area contributed by atoms with Gasteiger partial charge in [-0.3, -0.25) is 14.6 Å². The first-order valence-corrected chi connectivity index (χ1v) is 10.2. The minimum atomic E-state index is -0.345. The van der Waals surface area contributed by atoms with Crippen molar-refractivity contribution in [3.63, 3.8) is 0 Å². The van der Waals surface area contributed by atoms with E-state index in [2.05, 4.69) is 20.6 Å². The molecule has 0 spiro atoms. The predicted octanol–water partition coefficient (Wildman–Crippen LogP) is 6.19. The Bertz CT molecular complexity index is 1230. The predicted molar refractivity (Wildman–Crippen MR) is 120 cm³/mol. The van der Waals surface area contributed by atoms with Crippen LogP contribution in [0.5, 0.6) is 0 Å². The van der Waals surface area contributed by atoms with Crippen molar-refractivity contribution in [2.24, 2.45) is 0 Å². The molecule has 2 N–H and O–H groups in total. The number of nitrogens with zero attached hydrogens (tertiary/aromatic N) is 3. The summed E-state index contributed by atoms with van der Waals surface area (Å²) in [5.74, 6) is -0.345. The molecule has 0 fully saturated rings. The first kappa shape index (κ1) is 20.8. The maximum absolute atomic E-state index is 12.5. The van der Waals surface area contributed by atoms with Crippen LogP contribution in [-0.2, 0) is 6.54 Å². The largest absolute Gasteiger partial charge is 0.318 e. The van der Waals surface area contributed by atoms with Crippen LogP contribution in [0.3, 0.4) is 0 Å². The van der Waals surface area contributed by atoms with E-state index in [4.69, 9.17) is 46.4 Å². The van der Waals surface area contributed by atoms with E-state index in [0.717, 1.165) is 11.1 Å². The topological polar surface area (TPSA) is 75.6 Å². The van der Waals surface area contributed by atoms with Crippen LogP contribution in [-0.4, -0.2) is 25.9 Å². The van der Waals surface area contributed by atoms with E-state index in [1.807, 2.05) is 6.07 Å². The first-order chi connectivity index (χ1) is 14.4. The zero-order chi connectivity index (χ0) is 21.3. The molecule has 4 aromatic rings. The Morgan fingerprint density at radius 3 is 2.43 bits per heavy atom. The second-order valence-corrected chi connectivity index (χ2v) is 8.05. The minimum Gasteiger partial charge on any atom is -0.318 e. The van der Waals surface area contributed by atoms with Crippen LogP contribution in [0.15, 0.2) is 54.9 Å². The molecular weight excluding hydrogens is 468 g/mol. The van der Waals surface area contributed by atoms with Crippen molar-refractivity contribution in [3.8, 4) is 11.3 Å². The number of H-pyrrole nitrogens is 1. The zero-order valence-corrected chi connectivity index (χ0v) is 18.2. The third-order valence-corrected chi connectivity index (χ3v) is 5.74. The molecule has 0 bridgehead atoms. The molecular formula is C20H13Cl4N5O. The molecule has 0 saturated carbocycles. The molecule has 4 rings (SSSR count). The van der Waals surface area contributed by atoms with E-state index in [0.29, 0.717) is 43.7 Å². The van der Waals surface area contributed by atoms with Crippen molar-refractivity contribution in [3.05, 3.63) is 86.2 Å². The summed E-state index contributed by atoms with van der Waals surface area (Å²) in [6.07, 6.45) is 3.28. The third kappa shape index (κ3) is 4.63. The van der Waals surface area contributed by atoms with Crippen molar-refractivity contribution in [2.45, 2.75) is 6.54 Å². The summed E-state index contributed by atoms with van der Waals surface area (Å²) in [5.41, 5.74) is 3.10. The van der Waals surface area contributed by atoms with Crippen molar-refractivity contribution in [1.82, 2.24) is 20.0 Å². The molecule has 0 unspecified atom stereocenters. The maximum atomic E-state index is 12.5. The van der Waals surface area contributed by atoms with Gasteiger partial charge >= 0.3 is 0 Å². The monoisotopic (exact) mass is 479 g/mol. The quantitative estimate of drug-likeness (QED) is 0.357. The number of anilines is 1. The highest BCUT2D eigenvalue weighted by Crippen LogP contribution is 2.28. The molecule has 6 nitrogen and oxygen atoms in total. The lowest BCUT2D eigenvalue weighted by molar-refractivity contribution is 0.102. The molecule has 2 heterocycles. The SMILES string of the molecule is O=C(Nc1cnn(Cc2ccc(Cl)c(Cl)c2)c1)c1cc(-c2ccc(Cl)c(Cl)c2)n[nH]1. The molecule has 1 amide bonds. The Hall–Kier alpha value is -2.51. The zero-order valence-electron chi connectivity index (χ0n) is 15.2. The van der Waals surface area contributed by atoms with Crippen molar-refractivity contribution < 1.29 is 4.79 Å². The number of halogens is 4. The van der Waals surface area contributed by atoms with Gasteiger partial charge in [-0.1, -0.05) is 58.5 Å². The number of aromatic amines is 1. The number of amides is 1. The minimum absolute atomic E-state index is 0.299. The average molecular weight is 481 g/mol. The average Bonchev–Trinajstić information content (AvgIpc) is 3.37. The number of carbonyl (C=O) groups is 1. The molecule has 30 heavy (non-hydrogen) atoms. The normalized spacial score (nSPS) is 10.9. The summed E-state index contributed by atoms with van der Waals surface area (Å²) in [6.45, 7) is 0.484. The van der Waals surface area contributed by atoms with E-state index >= 15 is 0 Å². The third-order valence-electron chi connectivity index (χ3n) is 4.26. The molecule has 2 aromatic heterocycles. The van der Waals surface area contributed by atoms with Crippen LogP contribution < -0.4 is 5.32 Å². The number of hydrogen-bond donors (Lipinski definition) is 2. The van der Waals surface area contributed by atoms with E-state index in [-0.39, 0.29) is 5.91 Å². The molecule has 0 aliphatic rings. The summed E-state index contributed by atoms with van der Waals surface area (Å²) in [5, 5.41) is 15.8. The van der Waals surface area contributed by atoms with E-state index in [1.54, 1.807) is 53.5 Å². The van der Waals surface area contributed by atoms with E-state index < -0.39 is 0 Å². The maximum Gasteiger partial charge on any atom is 0.273 e. The highest BCUT2D eigenvalue weighted by Gasteiger charge is 2.13. The lowest BCUT2D eigenvalue weighted by Crippen LogP contribution is -2.11. The van der Waals surface area contributed by atoms with Gasteiger partial charge in [-0.15, -0.1) is 0 Å².